The number of hydrogen-bond acceptors (Lipinski definition) is 6. The van der Waals surface area contributed by atoms with E-state index in [1.165, 1.54) is 18.1 Å². The molecule has 0 bridgehead atoms. The van der Waals surface area contributed by atoms with E-state index in [0.29, 0.717) is 35.0 Å². The first kappa shape index (κ1) is 25.3. The molecule has 1 aliphatic rings. The highest BCUT2D eigenvalue weighted by Crippen LogP contribution is 2.41. The zero-order valence-electron chi connectivity index (χ0n) is 19.9. The molecule has 4 rings (SSSR count). The number of aliphatic hydroxyl groups is 1. The number of ketones is 1. The van der Waals surface area contributed by atoms with Crippen LogP contribution in [0.1, 0.15) is 24.1 Å². The van der Waals surface area contributed by atoms with Crippen LogP contribution in [0.5, 0.6) is 17.2 Å². The van der Waals surface area contributed by atoms with Crippen LogP contribution in [0.25, 0.3) is 5.76 Å². The number of nitrogens with zero attached hydrogens (tertiary/aromatic N) is 1. The molecule has 1 saturated heterocycles. The third-order valence-corrected chi connectivity index (χ3v) is 6.03. The van der Waals surface area contributed by atoms with E-state index in [4.69, 9.17) is 25.8 Å². The largest absolute Gasteiger partial charge is 0.507 e. The molecule has 1 fully saturated rings. The summed E-state index contributed by atoms with van der Waals surface area (Å²) in [6, 6.07) is 20.2. The molecule has 0 aromatic heterocycles. The average molecular weight is 508 g/mol. The normalized spacial score (nSPS) is 16.9. The van der Waals surface area contributed by atoms with Gasteiger partial charge in [-0.15, -0.1) is 0 Å². The molecule has 1 heterocycles. The number of halogens is 1. The molecular formula is C28H26ClNO6. The van der Waals surface area contributed by atoms with Crippen LogP contribution in [0.4, 0.5) is 0 Å². The first-order valence-electron chi connectivity index (χ1n) is 11.5. The number of methoxy groups -OCH3 is 1. The van der Waals surface area contributed by atoms with Crippen molar-refractivity contribution in [2.45, 2.75) is 13.0 Å². The summed E-state index contributed by atoms with van der Waals surface area (Å²) in [6.45, 7) is 2.65. The molecule has 1 amide bonds. The third-order valence-electron chi connectivity index (χ3n) is 5.73. The first-order chi connectivity index (χ1) is 17.4. The molecule has 1 aliphatic heterocycles. The van der Waals surface area contributed by atoms with Crippen molar-refractivity contribution < 1.29 is 28.9 Å². The monoisotopic (exact) mass is 507 g/mol. The molecule has 36 heavy (non-hydrogen) atoms. The molecule has 3 aromatic carbocycles. The molecule has 0 spiro atoms. The van der Waals surface area contributed by atoms with Gasteiger partial charge in [-0.1, -0.05) is 41.9 Å². The number of para-hydroxylation sites is 1. The number of aliphatic hydroxyl groups excluding tert-OH is 1. The number of Topliss-reactive ketones (excluding diaryl/α,β-unsaturated/α-hetero) is 1. The predicted octanol–water partition coefficient (Wildman–Crippen LogP) is 5.60. The quantitative estimate of drug-likeness (QED) is 0.230. The van der Waals surface area contributed by atoms with Crippen LogP contribution in [0.15, 0.2) is 78.4 Å². The summed E-state index contributed by atoms with van der Waals surface area (Å²) in [5.74, 6) is -0.193. The van der Waals surface area contributed by atoms with E-state index in [-0.39, 0.29) is 29.5 Å². The van der Waals surface area contributed by atoms with Gasteiger partial charge in [0.15, 0.2) is 0 Å². The maximum atomic E-state index is 13.2. The molecule has 3 aromatic rings. The Morgan fingerprint density at radius 2 is 1.75 bits per heavy atom. The van der Waals surface area contributed by atoms with Gasteiger partial charge in [0.1, 0.15) is 23.0 Å². The van der Waals surface area contributed by atoms with Gasteiger partial charge in [-0.3, -0.25) is 9.59 Å². The second-order valence-electron chi connectivity index (χ2n) is 8.05. The van der Waals surface area contributed by atoms with Gasteiger partial charge in [-0.05, 0) is 55.0 Å². The summed E-state index contributed by atoms with van der Waals surface area (Å²) < 4.78 is 16.6. The first-order valence-corrected chi connectivity index (χ1v) is 11.8. The molecule has 1 atom stereocenters. The van der Waals surface area contributed by atoms with Gasteiger partial charge in [0.05, 0.1) is 29.9 Å². The number of benzene rings is 3. The highest BCUT2D eigenvalue weighted by molar-refractivity contribution is 6.46. The zero-order valence-corrected chi connectivity index (χ0v) is 20.7. The minimum Gasteiger partial charge on any atom is -0.507 e. The lowest BCUT2D eigenvalue weighted by Gasteiger charge is -2.25. The molecule has 0 radical (unpaired) electrons. The number of likely N-dealkylation sites (tertiary alicyclic amines) is 1. The van der Waals surface area contributed by atoms with Gasteiger partial charge in [0.2, 0.25) is 0 Å². The maximum Gasteiger partial charge on any atom is 0.295 e. The van der Waals surface area contributed by atoms with Crippen molar-refractivity contribution in [1.29, 1.82) is 0 Å². The van der Waals surface area contributed by atoms with Crippen molar-refractivity contribution in [1.82, 2.24) is 4.90 Å². The predicted molar refractivity (Wildman–Crippen MR) is 136 cm³/mol. The van der Waals surface area contributed by atoms with Crippen LogP contribution in [0.2, 0.25) is 5.02 Å². The van der Waals surface area contributed by atoms with E-state index in [1.807, 2.05) is 37.3 Å². The molecule has 7 nitrogen and oxygen atoms in total. The Balaban J connectivity index is 1.79. The Hall–Kier alpha value is -3.81. The average Bonchev–Trinajstić information content (AvgIpc) is 3.14. The van der Waals surface area contributed by atoms with Crippen LogP contribution >= 0.6 is 11.6 Å². The summed E-state index contributed by atoms with van der Waals surface area (Å²) in [4.78, 5) is 27.6. The van der Waals surface area contributed by atoms with E-state index < -0.39 is 17.7 Å². The maximum absolute atomic E-state index is 13.2. The van der Waals surface area contributed by atoms with Gasteiger partial charge in [-0.2, -0.15) is 0 Å². The van der Waals surface area contributed by atoms with E-state index in [0.717, 1.165) is 0 Å². The number of rotatable bonds is 9. The minimum absolute atomic E-state index is 0.0341. The van der Waals surface area contributed by atoms with E-state index >= 15 is 0 Å². The van der Waals surface area contributed by atoms with Crippen molar-refractivity contribution in [3.63, 3.8) is 0 Å². The third kappa shape index (κ3) is 5.22. The topological polar surface area (TPSA) is 85.3 Å². The van der Waals surface area contributed by atoms with Crippen LogP contribution < -0.4 is 9.47 Å². The Labute approximate surface area is 214 Å². The SMILES string of the molecule is CCOc1ccc(C(O)=C2C(=O)C(=O)N(CCOC)[C@H]2c2cccc(Oc3ccccc3)c2)cc1Cl. The second kappa shape index (κ2) is 11.3. The fourth-order valence-corrected chi connectivity index (χ4v) is 4.33. The summed E-state index contributed by atoms with van der Waals surface area (Å²) in [6.07, 6.45) is 0. The fraction of sp³-hybridized carbons (Fsp3) is 0.214. The van der Waals surface area contributed by atoms with Crippen LogP contribution in [0.3, 0.4) is 0 Å². The van der Waals surface area contributed by atoms with Crippen molar-refractivity contribution >= 4 is 29.1 Å². The smallest absolute Gasteiger partial charge is 0.295 e. The molecular weight excluding hydrogens is 482 g/mol. The standard InChI is InChI=1S/C28H26ClNO6/c1-3-35-23-13-12-19(17-22(23)29)26(31)24-25(30(14-15-34-2)28(33)27(24)32)18-8-7-11-21(16-18)36-20-9-5-4-6-10-20/h4-13,16-17,25,31H,3,14-15H2,1-2H3/t25-/m0/s1. The highest BCUT2D eigenvalue weighted by Gasteiger charge is 2.46. The number of carbonyl (C=O) groups is 2. The van der Waals surface area contributed by atoms with Gasteiger partial charge in [0.25, 0.3) is 11.7 Å². The molecule has 0 aliphatic carbocycles. The molecule has 0 unspecified atom stereocenters. The summed E-state index contributed by atoms with van der Waals surface area (Å²) >= 11 is 6.32. The van der Waals surface area contributed by atoms with Gasteiger partial charge < -0.3 is 24.2 Å². The molecule has 8 heteroatoms. The Morgan fingerprint density at radius 3 is 2.44 bits per heavy atom. The molecule has 0 saturated carbocycles. The minimum atomic E-state index is -0.843. The lowest BCUT2D eigenvalue weighted by atomic mass is 9.95. The van der Waals surface area contributed by atoms with Crippen LogP contribution in [0, 0.1) is 0 Å². The lowest BCUT2D eigenvalue weighted by Crippen LogP contribution is -2.32. The Bertz CT molecular complexity index is 1290. The van der Waals surface area contributed by atoms with E-state index in [9.17, 15) is 14.7 Å². The van der Waals surface area contributed by atoms with E-state index in [1.54, 1.807) is 36.4 Å². The van der Waals surface area contributed by atoms with Crippen LogP contribution in [-0.2, 0) is 14.3 Å². The Morgan fingerprint density at radius 1 is 1.00 bits per heavy atom. The highest BCUT2D eigenvalue weighted by atomic mass is 35.5. The van der Waals surface area contributed by atoms with Gasteiger partial charge >= 0.3 is 0 Å². The number of carbonyl (C=O) groups excluding carboxylic acids is 2. The molecule has 186 valence electrons. The van der Waals surface area contributed by atoms with Crippen molar-refractivity contribution in [3.8, 4) is 17.2 Å². The summed E-state index contributed by atoms with van der Waals surface area (Å²) in [7, 11) is 1.52. The summed E-state index contributed by atoms with van der Waals surface area (Å²) in [5, 5.41) is 11.5. The van der Waals surface area contributed by atoms with Crippen molar-refractivity contribution in [3.05, 3.63) is 94.5 Å². The van der Waals surface area contributed by atoms with Crippen molar-refractivity contribution in [2.24, 2.45) is 0 Å². The second-order valence-corrected chi connectivity index (χ2v) is 8.46. The summed E-state index contributed by atoms with van der Waals surface area (Å²) in [5.41, 5.74) is 0.875. The van der Waals surface area contributed by atoms with Crippen molar-refractivity contribution in [2.75, 3.05) is 26.9 Å². The van der Waals surface area contributed by atoms with Gasteiger partial charge in [0, 0.05) is 19.2 Å². The van der Waals surface area contributed by atoms with Crippen LogP contribution in [-0.4, -0.2) is 48.6 Å². The van der Waals surface area contributed by atoms with Gasteiger partial charge in [-0.25, -0.2) is 0 Å². The zero-order chi connectivity index (χ0) is 25.7. The lowest BCUT2D eigenvalue weighted by molar-refractivity contribution is -0.140. The fourth-order valence-electron chi connectivity index (χ4n) is 4.10. The molecule has 1 N–H and O–H groups in total. The number of ether oxygens (including phenoxy) is 3. The number of hydrogen-bond donors (Lipinski definition) is 1. The Kier molecular flexibility index (Phi) is 7.93. The van der Waals surface area contributed by atoms with E-state index in [2.05, 4.69) is 0 Å². The number of amides is 1.